The molecule has 1 aromatic carbocycles. The average molecular weight is 349 g/mol. The molecule has 0 amide bonds. The van der Waals surface area contributed by atoms with Crippen molar-refractivity contribution in [2.45, 2.75) is 25.9 Å². The SMILES string of the molecule is CCOC(=O)C1C(C(=O)OCC)[C@H](c2ccccc2)N[C@@H]1C(=O)OC. The van der Waals surface area contributed by atoms with Crippen molar-refractivity contribution in [3.05, 3.63) is 35.9 Å². The Bertz CT molecular complexity index is 617. The molecule has 7 heteroatoms. The predicted molar refractivity (Wildman–Crippen MR) is 88.4 cm³/mol. The van der Waals surface area contributed by atoms with Gasteiger partial charge in [0.1, 0.15) is 6.04 Å². The Hall–Kier alpha value is -2.41. The Labute approximate surface area is 146 Å². The summed E-state index contributed by atoms with van der Waals surface area (Å²) < 4.78 is 15.1. The molecule has 136 valence electrons. The number of carbonyl (C=O) groups is 3. The summed E-state index contributed by atoms with van der Waals surface area (Å²) in [5.74, 6) is -3.69. The quantitative estimate of drug-likeness (QED) is 0.610. The van der Waals surface area contributed by atoms with Gasteiger partial charge in [0.15, 0.2) is 0 Å². The highest BCUT2D eigenvalue weighted by Gasteiger charge is 2.55. The molecule has 7 nitrogen and oxygen atoms in total. The van der Waals surface area contributed by atoms with E-state index in [9.17, 15) is 14.4 Å². The van der Waals surface area contributed by atoms with E-state index in [1.165, 1.54) is 7.11 Å². The Morgan fingerprint density at radius 3 is 2.00 bits per heavy atom. The van der Waals surface area contributed by atoms with E-state index >= 15 is 0 Å². The van der Waals surface area contributed by atoms with Crippen LogP contribution in [-0.4, -0.2) is 44.3 Å². The minimum Gasteiger partial charge on any atom is -0.468 e. The van der Waals surface area contributed by atoms with Gasteiger partial charge in [-0.15, -0.1) is 0 Å². The molecule has 25 heavy (non-hydrogen) atoms. The van der Waals surface area contributed by atoms with Crippen molar-refractivity contribution in [1.29, 1.82) is 0 Å². The third-order valence-electron chi connectivity index (χ3n) is 4.20. The van der Waals surface area contributed by atoms with Crippen LogP contribution in [0.2, 0.25) is 0 Å². The predicted octanol–water partition coefficient (Wildman–Crippen LogP) is 1.23. The summed E-state index contributed by atoms with van der Waals surface area (Å²) in [7, 11) is 1.24. The number of ether oxygens (including phenoxy) is 3. The number of hydrogen-bond donors (Lipinski definition) is 1. The van der Waals surface area contributed by atoms with Crippen molar-refractivity contribution in [3.8, 4) is 0 Å². The van der Waals surface area contributed by atoms with Crippen LogP contribution in [0.5, 0.6) is 0 Å². The third-order valence-corrected chi connectivity index (χ3v) is 4.20. The minimum atomic E-state index is -1.02. The van der Waals surface area contributed by atoms with E-state index in [0.717, 1.165) is 5.56 Å². The second-order valence-electron chi connectivity index (χ2n) is 5.61. The first-order chi connectivity index (χ1) is 12.0. The lowest BCUT2D eigenvalue weighted by atomic mass is 9.84. The topological polar surface area (TPSA) is 90.9 Å². The van der Waals surface area contributed by atoms with E-state index in [0.29, 0.717) is 0 Å². The summed E-state index contributed by atoms with van der Waals surface area (Å²) in [6, 6.07) is 7.60. The Morgan fingerprint density at radius 2 is 1.48 bits per heavy atom. The van der Waals surface area contributed by atoms with Crippen LogP contribution < -0.4 is 5.32 Å². The lowest BCUT2D eigenvalue weighted by molar-refractivity contribution is -0.162. The van der Waals surface area contributed by atoms with Gasteiger partial charge >= 0.3 is 17.9 Å². The van der Waals surface area contributed by atoms with Gasteiger partial charge in [0.25, 0.3) is 0 Å². The smallest absolute Gasteiger partial charge is 0.323 e. The lowest BCUT2D eigenvalue weighted by Gasteiger charge is -2.22. The molecule has 1 fully saturated rings. The molecule has 0 radical (unpaired) electrons. The first-order valence-electron chi connectivity index (χ1n) is 8.27. The van der Waals surface area contributed by atoms with Crippen LogP contribution in [0.25, 0.3) is 0 Å². The van der Waals surface area contributed by atoms with Crippen LogP contribution in [0, 0.1) is 11.8 Å². The fraction of sp³-hybridized carbons (Fsp3) is 0.500. The molecule has 0 spiro atoms. The molecule has 2 unspecified atom stereocenters. The van der Waals surface area contributed by atoms with Gasteiger partial charge in [-0.05, 0) is 19.4 Å². The fourth-order valence-electron chi connectivity index (χ4n) is 3.16. The zero-order valence-corrected chi connectivity index (χ0v) is 14.6. The second kappa shape index (κ2) is 8.62. The Morgan fingerprint density at radius 1 is 0.920 bits per heavy atom. The monoisotopic (exact) mass is 349 g/mol. The molecule has 0 aliphatic carbocycles. The zero-order chi connectivity index (χ0) is 18.4. The molecule has 1 aliphatic rings. The highest BCUT2D eigenvalue weighted by Crippen LogP contribution is 2.39. The third kappa shape index (κ3) is 3.99. The molecule has 1 heterocycles. The van der Waals surface area contributed by atoms with E-state index in [2.05, 4.69) is 5.32 Å². The van der Waals surface area contributed by atoms with Crippen molar-refractivity contribution < 1.29 is 28.6 Å². The molecule has 1 aliphatic heterocycles. The van der Waals surface area contributed by atoms with Crippen LogP contribution in [0.3, 0.4) is 0 Å². The molecular formula is C18H23NO6. The van der Waals surface area contributed by atoms with Crippen molar-refractivity contribution in [1.82, 2.24) is 5.32 Å². The van der Waals surface area contributed by atoms with Gasteiger partial charge in [0, 0.05) is 6.04 Å². The van der Waals surface area contributed by atoms with Gasteiger partial charge < -0.3 is 14.2 Å². The molecule has 4 atom stereocenters. The highest BCUT2D eigenvalue weighted by atomic mass is 16.5. The number of carbonyl (C=O) groups excluding carboxylic acids is 3. The first-order valence-corrected chi connectivity index (χ1v) is 8.27. The van der Waals surface area contributed by atoms with Gasteiger partial charge in [0.2, 0.25) is 0 Å². The molecular weight excluding hydrogens is 326 g/mol. The zero-order valence-electron chi connectivity index (χ0n) is 14.6. The van der Waals surface area contributed by atoms with Gasteiger partial charge in [-0.1, -0.05) is 30.3 Å². The van der Waals surface area contributed by atoms with Crippen LogP contribution in [0.1, 0.15) is 25.5 Å². The van der Waals surface area contributed by atoms with Crippen LogP contribution in [0.4, 0.5) is 0 Å². The van der Waals surface area contributed by atoms with Gasteiger partial charge in [-0.25, -0.2) is 0 Å². The number of benzene rings is 1. The lowest BCUT2D eigenvalue weighted by Crippen LogP contribution is -2.42. The van der Waals surface area contributed by atoms with E-state index in [1.54, 1.807) is 13.8 Å². The van der Waals surface area contributed by atoms with Crippen molar-refractivity contribution in [3.63, 3.8) is 0 Å². The fourth-order valence-corrected chi connectivity index (χ4v) is 3.16. The van der Waals surface area contributed by atoms with E-state index in [-0.39, 0.29) is 13.2 Å². The van der Waals surface area contributed by atoms with Crippen molar-refractivity contribution in [2.24, 2.45) is 11.8 Å². The molecule has 1 N–H and O–H groups in total. The average Bonchev–Trinajstić information content (AvgIpc) is 3.03. The van der Waals surface area contributed by atoms with Crippen LogP contribution >= 0.6 is 0 Å². The first kappa shape index (κ1) is 18.9. The molecule has 0 bridgehead atoms. The van der Waals surface area contributed by atoms with Crippen molar-refractivity contribution in [2.75, 3.05) is 20.3 Å². The number of hydrogen-bond acceptors (Lipinski definition) is 7. The summed E-state index contributed by atoms with van der Waals surface area (Å²) in [6.07, 6.45) is 0. The molecule has 0 aromatic heterocycles. The van der Waals surface area contributed by atoms with Crippen molar-refractivity contribution >= 4 is 17.9 Å². The summed E-state index contributed by atoms with van der Waals surface area (Å²) in [6.45, 7) is 3.68. The summed E-state index contributed by atoms with van der Waals surface area (Å²) in [4.78, 5) is 37.3. The molecule has 1 aromatic rings. The Balaban J connectivity index is 2.46. The molecule has 2 rings (SSSR count). The summed E-state index contributed by atoms with van der Waals surface area (Å²) in [5.41, 5.74) is 0.779. The Kier molecular flexibility index (Phi) is 6.52. The number of esters is 3. The number of nitrogens with one attached hydrogen (secondary N) is 1. The van der Waals surface area contributed by atoms with E-state index in [1.807, 2.05) is 30.3 Å². The minimum absolute atomic E-state index is 0.148. The standard InChI is InChI=1S/C18H23NO6/c1-4-24-16(20)12-13(17(21)25-5-2)15(18(22)23-3)19-14(12)11-9-7-6-8-10-11/h6-10,12-15,19H,4-5H2,1-3H3/t12?,13?,14-,15-/m0/s1. The maximum Gasteiger partial charge on any atom is 0.323 e. The molecule has 0 saturated carbocycles. The maximum absolute atomic E-state index is 12.6. The van der Waals surface area contributed by atoms with Gasteiger partial charge in [0.05, 0.1) is 32.2 Å². The normalized spacial score (nSPS) is 25.2. The maximum atomic E-state index is 12.6. The number of methoxy groups -OCH3 is 1. The van der Waals surface area contributed by atoms with E-state index in [4.69, 9.17) is 14.2 Å². The van der Waals surface area contributed by atoms with Crippen LogP contribution in [0.15, 0.2) is 30.3 Å². The number of rotatable bonds is 6. The highest BCUT2D eigenvalue weighted by molar-refractivity contribution is 5.91. The summed E-state index contributed by atoms with van der Waals surface area (Å²) in [5, 5.41) is 3.06. The largest absolute Gasteiger partial charge is 0.468 e. The second-order valence-corrected chi connectivity index (χ2v) is 5.61. The molecule has 1 saturated heterocycles. The van der Waals surface area contributed by atoms with Gasteiger partial charge in [-0.2, -0.15) is 0 Å². The van der Waals surface area contributed by atoms with Crippen LogP contribution in [-0.2, 0) is 28.6 Å². The van der Waals surface area contributed by atoms with E-state index < -0.39 is 41.8 Å². The van der Waals surface area contributed by atoms with Gasteiger partial charge in [-0.3, -0.25) is 19.7 Å². The summed E-state index contributed by atoms with van der Waals surface area (Å²) >= 11 is 0.